The lowest BCUT2D eigenvalue weighted by Crippen LogP contribution is -2.44. The van der Waals surface area contributed by atoms with Gasteiger partial charge in [-0.15, -0.1) is 0 Å². The van der Waals surface area contributed by atoms with Crippen molar-refractivity contribution in [2.24, 2.45) is 0 Å². The molecule has 0 saturated carbocycles. The zero-order valence-electron chi connectivity index (χ0n) is 12.4. The Hall–Kier alpha value is -0.570. The first-order valence-electron chi connectivity index (χ1n) is 7.97. The Morgan fingerprint density at radius 2 is 2.00 bits per heavy atom. The molecule has 110 valence electrons. The molecule has 2 nitrogen and oxygen atoms in total. The van der Waals surface area contributed by atoms with Crippen LogP contribution in [0.1, 0.15) is 44.2 Å². The van der Waals surface area contributed by atoms with Crippen LogP contribution in [0.25, 0.3) is 0 Å². The van der Waals surface area contributed by atoms with Crippen molar-refractivity contribution < 1.29 is 0 Å². The Morgan fingerprint density at radius 1 is 1.15 bits per heavy atom. The third-order valence-corrected chi connectivity index (χ3v) is 5.20. The lowest BCUT2D eigenvalue weighted by Gasteiger charge is -2.37. The Morgan fingerprint density at radius 3 is 2.85 bits per heavy atom. The smallest absolute Gasteiger partial charge is 0.0409 e. The molecule has 2 unspecified atom stereocenters. The van der Waals surface area contributed by atoms with Crippen LogP contribution < -0.4 is 0 Å². The van der Waals surface area contributed by atoms with Gasteiger partial charge in [-0.3, -0.25) is 9.80 Å². The summed E-state index contributed by atoms with van der Waals surface area (Å²) in [6.07, 6.45) is 5.46. The largest absolute Gasteiger partial charge is 0.299 e. The standard InChI is InChI=1S/C17H25ClN2/c1-14(15-6-4-7-16(18)12-15)20-11-5-10-19-9-3-2-8-17(19)13-20/h4,6-7,12,14,17H,2-3,5,8-11,13H2,1H3. The van der Waals surface area contributed by atoms with E-state index < -0.39 is 0 Å². The molecule has 20 heavy (non-hydrogen) atoms. The zero-order valence-corrected chi connectivity index (χ0v) is 13.1. The van der Waals surface area contributed by atoms with E-state index in [1.165, 1.54) is 57.4 Å². The van der Waals surface area contributed by atoms with Gasteiger partial charge in [0.2, 0.25) is 0 Å². The van der Waals surface area contributed by atoms with Crippen molar-refractivity contribution in [2.45, 2.75) is 44.7 Å². The molecule has 3 heteroatoms. The van der Waals surface area contributed by atoms with Crippen LogP contribution in [-0.2, 0) is 0 Å². The minimum absolute atomic E-state index is 0.468. The fraction of sp³-hybridized carbons (Fsp3) is 0.647. The number of nitrogens with zero attached hydrogens (tertiary/aromatic N) is 2. The SMILES string of the molecule is CC(c1cccc(Cl)c1)N1CCCN2CCCCC2C1. The summed E-state index contributed by atoms with van der Waals surface area (Å²) < 4.78 is 0. The molecule has 0 N–H and O–H groups in total. The summed E-state index contributed by atoms with van der Waals surface area (Å²) >= 11 is 6.14. The second-order valence-corrected chi connectivity index (χ2v) is 6.70. The summed E-state index contributed by atoms with van der Waals surface area (Å²) in [4.78, 5) is 5.37. The molecule has 0 aliphatic carbocycles. The van der Waals surface area contributed by atoms with Gasteiger partial charge in [0.05, 0.1) is 0 Å². The number of fused-ring (bicyclic) bond motifs is 1. The van der Waals surface area contributed by atoms with Crippen molar-refractivity contribution in [3.63, 3.8) is 0 Å². The first kappa shape index (κ1) is 14.4. The van der Waals surface area contributed by atoms with Gasteiger partial charge in [-0.1, -0.05) is 30.2 Å². The van der Waals surface area contributed by atoms with E-state index in [0.29, 0.717) is 6.04 Å². The van der Waals surface area contributed by atoms with E-state index in [1.54, 1.807) is 0 Å². The summed E-state index contributed by atoms with van der Waals surface area (Å²) in [6, 6.07) is 9.60. The number of halogens is 1. The molecule has 0 amide bonds. The van der Waals surface area contributed by atoms with Crippen LogP contribution in [0.2, 0.25) is 5.02 Å². The average molecular weight is 293 g/mol. The van der Waals surface area contributed by atoms with Gasteiger partial charge in [0, 0.05) is 30.2 Å². The van der Waals surface area contributed by atoms with E-state index in [0.717, 1.165) is 11.1 Å². The predicted molar refractivity (Wildman–Crippen MR) is 85.3 cm³/mol. The van der Waals surface area contributed by atoms with Crippen molar-refractivity contribution in [1.29, 1.82) is 0 Å². The fourth-order valence-electron chi connectivity index (χ4n) is 3.73. The van der Waals surface area contributed by atoms with Crippen molar-refractivity contribution in [2.75, 3.05) is 26.2 Å². The maximum atomic E-state index is 6.14. The summed E-state index contributed by atoms with van der Waals surface area (Å²) in [6.45, 7) is 7.34. The summed E-state index contributed by atoms with van der Waals surface area (Å²) in [5.74, 6) is 0. The van der Waals surface area contributed by atoms with Crippen LogP contribution in [0, 0.1) is 0 Å². The van der Waals surface area contributed by atoms with E-state index in [4.69, 9.17) is 11.6 Å². The van der Waals surface area contributed by atoms with Crippen LogP contribution in [-0.4, -0.2) is 42.0 Å². The molecule has 2 aliphatic rings. The molecule has 2 fully saturated rings. The minimum Gasteiger partial charge on any atom is -0.299 e. The van der Waals surface area contributed by atoms with Gasteiger partial charge in [-0.05, 0) is 57.0 Å². The van der Waals surface area contributed by atoms with Gasteiger partial charge >= 0.3 is 0 Å². The van der Waals surface area contributed by atoms with Gasteiger partial charge in [-0.25, -0.2) is 0 Å². The second kappa shape index (κ2) is 6.46. The lowest BCUT2D eigenvalue weighted by molar-refractivity contribution is 0.123. The van der Waals surface area contributed by atoms with Crippen molar-refractivity contribution >= 4 is 11.6 Å². The molecular formula is C17H25ClN2. The highest BCUT2D eigenvalue weighted by atomic mass is 35.5. The van der Waals surface area contributed by atoms with Crippen LogP contribution >= 0.6 is 11.6 Å². The summed E-state index contributed by atoms with van der Waals surface area (Å²) in [7, 11) is 0. The van der Waals surface area contributed by atoms with Gasteiger partial charge in [0.25, 0.3) is 0 Å². The molecule has 2 atom stereocenters. The highest BCUT2D eigenvalue weighted by molar-refractivity contribution is 6.30. The van der Waals surface area contributed by atoms with Gasteiger partial charge in [0.1, 0.15) is 0 Å². The van der Waals surface area contributed by atoms with Crippen LogP contribution in [0.5, 0.6) is 0 Å². The van der Waals surface area contributed by atoms with Crippen LogP contribution in [0.4, 0.5) is 0 Å². The maximum absolute atomic E-state index is 6.14. The quantitative estimate of drug-likeness (QED) is 0.814. The second-order valence-electron chi connectivity index (χ2n) is 6.27. The molecule has 3 rings (SSSR count). The van der Waals surface area contributed by atoms with Crippen molar-refractivity contribution in [3.8, 4) is 0 Å². The van der Waals surface area contributed by atoms with E-state index >= 15 is 0 Å². The Kier molecular flexibility index (Phi) is 4.65. The third-order valence-electron chi connectivity index (χ3n) is 4.96. The molecule has 0 radical (unpaired) electrons. The van der Waals surface area contributed by atoms with Gasteiger partial charge < -0.3 is 0 Å². The van der Waals surface area contributed by atoms with E-state index in [9.17, 15) is 0 Å². The number of rotatable bonds is 2. The molecule has 0 aromatic heterocycles. The molecular weight excluding hydrogens is 268 g/mol. The lowest BCUT2D eigenvalue weighted by atomic mass is 10.0. The zero-order chi connectivity index (χ0) is 13.9. The predicted octanol–water partition coefficient (Wildman–Crippen LogP) is 3.96. The maximum Gasteiger partial charge on any atom is 0.0409 e. The van der Waals surface area contributed by atoms with E-state index in [-0.39, 0.29) is 0 Å². The highest BCUT2D eigenvalue weighted by Crippen LogP contribution is 2.28. The van der Waals surface area contributed by atoms with Crippen LogP contribution in [0.15, 0.2) is 24.3 Å². The number of piperidine rings is 1. The van der Waals surface area contributed by atoms with Crippen LogP contribution in [0.3, 0.4) is 0 Å². The first-order chi connectivity index (χ1) is 9.74. The topological polar surface area (TPSA) is 6.48 Å². The summed E-state index contributed by atoms with van der Waals surface area (Å²) in [5, 5.41) is 0.850. The Balaban J connectivity index is 1.72. The Labute approximate surface area is 127 Å². The number of hydrogen-bond acceptors (Lipinski definition) is 2. The molecule has 2 aliphatic heterocycles. The van der Waals surface area contributed by atoms with Crippen molar-refractivity contribution in [3.05, 3.63) is 34.9 Å². The minimum atomic E-state index is 0.468. The highest BCUT2D eigenvalue weighted by Gasteiger charge is 2.29. The molecule has 0 bridgehead atoms. The molecule has 2 saturated heterocycles. The fourth-order valence-corrected chi connectivity index (χ4v) is 3.93. The first-order valence-corrected chi connectivity index (χ1v) is 8.35. The van der Waals surface area contributed by atoms with Crippen molar-refractivity contribution in [1.82, 2.24) is 9.80 Å². The monoisotopic (exact) mass is 292 g/mol. The molecule has 2 heterocycles. The molecule has 1 aromatic rings. The summed E-state index contributed by atoms with van der Waals surface area (Å²) in [5.41, 5.74) is 1.35. The van der Waals surface area contributed by atoms with E-state index in [1.807, 2.05) is 6.07 Å². The molecule has 0 spiro atoms. The Bertz CT molecular complexity index is 448. The average Bonchev–Trinajstić information content (AvgIpc) is 2.68. The van der Waals surface area contributed by atoms with Gasteiger partial charge in [0.15, 0.2) is 0 Å². The normalized spacial score (nSPS) is 26.8. The third kappa shape index (κ3) is 3.19. The molecule has 1 aromatic carbocycles. The van der Waals surface area contributed by atoms with E-state index in [2.05, 4.69) is 34.9 Å². The number of benzene rings is 1. The number of hydrogen-bond donors (Lipinski definition) is 0. The van der Waals surface area contributed by atoms with Gasteiger partial charge in [-0.2, -0.15) is 0 Å².